The summed E-state index contributed by atoms with van der Waals surface area (Å²) in [6, 6.07) is 110. The van der Waals surface area contributed by atoms with E-state index in [9.17, 15) is 0 Å². The van der Waals surface area contributed by atoms with Gasteiger partial charge in [0.15, 0.2) is 11.5 Å². The minimum atomic E-state index is -0.291. The third-order valence-corrected chi connectivity index (χ3v) is 17.8. The number of hydrogen-bond donors (Lipinski definition) is 0. The Hall–Kier alpha value is -11.6. The highest BCUT2D eigenvalue weighted by molar-refractivity contribution is 7.04. The van der Waals surface area contributed by atoms with Gasteiger partial charge in [-0.25, -0.2) is 0 Å². The van der Waals surface area contributed by atoms with E-state index in [0.717, 1.165) is 153 Å². The smallest absolute Gasteiger partial charge is 0.256 e. The van der Waals surface area contributed by atoms with Crippen LogP contribution in [-0.2, 0) is 0 Å². The van der Waals surface area contributed by atoms with Gasteiger partial charge in [0.2, 0.25) is 0 Å². The fourth-order valence-corrected chi connectivity index (χ4v) is 14.2. The van der Waals surface area contributed by atoms with Crippen LogP contribution in [0.1, 0.15) is 0 Å². The predicted molar refractivity (Wildman–Crippen MR) is 362 cm³/mol. The van der Waals surface area contributed by atoms with Crippen LogP contribution >= 0.6 is 0 Å². The molecule has 0 saturated heterocycles. The fraction of sp³-hybridized carbons (Fsp3) is 0. The fourth-order valence-electron chi connectivity index (χ4n) is 14.2. The number of ether oxygens (including phenoxy) is 3. The first-order valence-electron chi connectivity index (χ1n) is 30.0. The van der Waals surface area contributed by atoms with Crippen molar-refractivity contribution in [2.24, 2.45) is 0 Å². The van der Waals surface area contributed by atoms with E-state index in [1.165, 1.54) is 0 Å². The summed E-state index contributed by atoms with van der Waals surface area (Å²) in [6.07, 6.45) is 0. The van der Waals surface area contributed by atoms with E-state index in [0.29, 0.717) is 0 Å². The van der Waals surface area contributed by atoms with Gasteiger partial charge >= 0.3 is 0 Å². The number of benzene rings is 13. The van der Waals surface area contributed by atoms with E-state index in [4.69, 9.17) is 14.2 Å². The molecule has 0 saturated carbocycles. The van der Waals surface area contributed by atoms with Gasteiger partial charge in [-0.2, -0.15) is 0 Å². The van der Waals surface area contributed by atoms with Crippen LogP contribution in [0, 0.1) is 0 Å². The Labute approximate surface area is 511 Å². The standard InChI is InChI=1S/C78H51B2N5O3/c1-9-25-52(26-10-1)81(53-27-11-2-12-28-53)60-41-43-64-68(47-60)86-70-51-71-75-78-74(70)79(64)66-45-62(83(56-33-17-5-18-34-56)57-35-19-6-20-36-57)49-72-76(66)85(78)77-67(46-63(50-73(77)88-72)84(58-37-21-7-22-38-58)59-39-23-8-24-40-59)80(75)65-44-42-61(48-69(65)87-71)82(54-29-13-3-14-30-54)55-31-15-4-16-32-55/h1-51H. The van der Waals surface area contributed by atoms with Gasteiger partial charge in [-0.05, 0) is 154 Å². The van der Waals surface area contributed by atoms with Gasteiger partial charge in [-0.3, -0.25) is 0 Å². The highest BCUT2D eigenvalue weighted by Crippen LogP contribution is 2.57. The molecule has 412 valence electrons. The van der Waals surface area contributed by atoms with Gasteiger partial charge in [0.25, 0.3) is 13.4 Å². The number of anilines is 15. The first-order valence-corrected chi connectivity index (χ1v) is 30.0. The third-order valence-electron chi connectivity index (χ3n) is 17.8. The Morgan fingerprint density at radius 1 is 0.205 bits per heavy atom. The summed E-state index contributed by atoms with van der Waals surface area (Å²) >= 11 is 0. The number of fused-ring (bicyclic) bond motifs is 6. The lowest BCUT2D eigenvalue weighted by molar-refractivity contribution is 0.464. The lowest BCUT2D eigenvalue weighted by atomic mass is 9.29. The lowest BCUT2D eigenvalue weighted by Gasteiger charge is -2.49. The summed E-state index contributed by atoms with van der Waals surface area (Å²) in [5.41, 5.74) is 21.8. The number of rotatable bonds is 12. The van der Waals surface area contributed by atoms with Crippen molar-refractivity contribution in [2.75, 3.05) is 24.5 Å². The number of para-hydroxylation sites is 8. The molecule has 0 spiro atoms. The summed E-state index contributed by atoms with van der Waals surface area (Å²) < 4.78 is 22.9. The molecule has 0 aliphatic carbocycles. The molecule has 0 bridgehead atoms. The Bertz CT molecular complexity index is 4400. The second-order valence-electron chi connectivity index (χ2n) is 22.8. The van der Waals surface area contributed by atoms with E-state index >= 15 is 0 Å². The number of nitrogens with zero attached hydrogens (tertiary/aromatic N) is 5. The van der Waals surface area contributed by atoms with Crippen LogP contribution in [-0.4, -0.2) is 13.4 Å². The van der Waals surface area contributed by atoms with Gasteiger partial charge < -0.3 is 38.7 Å². The Balaban J connectivity index is 0.913. The van der Waals surface area contributed by atoms with Gasteiger partial charge in [0.1, 0.15) is 23.0 Å². The molecule has 8 nitrogen and oxygen atoms in total. The van der Waals surface area contributed by atoms with E-state index in [-0.39, 0.29) is 13.4 Å². The highest BCUT2D eigenvalue weighted by atomic mass is 16.5. The molecule has 0 N–H and O–H groups in total. The van der Waals surface area contributed by atoms with Crippen LogP contribution in [0.5, 0.6) is 34.5 Å². The predicted octanol–water partition coefficient (Wildman–Crippen LogP) is 17.0. The van der Waals surface area contributed by atoms with Crippen molar-refractivity contribution in [3.8, 4) is 34.5 Å². The van der Waals surface area contributed by atoms with E-state index in [2.05, 4.69) is 334 Å². The molecule has 5 aliphatic rings. The Morgan fingerprint density at radius 2 is 0.466 bits per heavy atom. The highest BCUT2D eigenvalue weighted by Gasteiger charge is 2.54. The van der Waals surface area contributed by atoms with Crippen molar-refractivity contribution in [3.63, 3.8) is 0 Å². The summed E-state index contributed by atoms with van der Waals surface area (Å²) in [7, 11) is 0. The quantitative estimate of drug-likeness (QED) is 0.112. The van der Waals surface area contributed by atoms with E-state index in [1.807, 2.05) is 0 Å². The monoisotopic (exact) mass is 1130 g/mol. The second kappa shape index (κ2) is 20.0. The lowest BCUT2D eigenvalue weighted by Crippen LogP contribution is -2.67. The third kappa shape index (κ3) is 7.82. The summed E-state index contributed by atoms with van der Waals surface area (Å²) in [5, 5.41) is 0. The average Bonchev–Trinajstić information content (AvgIpc) is 0.705. The minimum absolute atomic E-state index is 0.291. The SMILES string of the molecule is c1ccc(N(c2ccccc2)c2ccc3c(c2)Oc2cc4c5c6c2B3c2cc(N(c3ccccc3)c3ccccc3)cc3c2N6c2c(cc(N(c6ccccc6)c6ccccc6)cc2B5c2ccc(N(c5ccccc5)c5ccccc5)cc2O4)O3)cc1. The summed E-state index contributed by atoms with van der Waals surface area (Å²) in [4.78, 5) is 11.8. The second-order valence-corrected chi connectivity index (χ2v) is 22.8. The van der Waals surface area contributed by atoms with Crippen molar-refractivity contribution < 1.29 is 14.2 Å². The molecule has 0 atom stereocenters. The molecule has 10 heteroatoms. The molecule has 88 heavy (non-hydrogen) atoms. The average molecular weight is 1130 g/mol. The first-order chi connectivity index (χ1) is 43.7. The zero-order valence-electron chi connectivity index (χ0n) is 47.6. The van der Waals surface area contributed by atoms with E-state index in [1.54, 1.807) is 0 Å². The molecule has 13 aromatic carbocycles. The zero-order valence-corrected chi connectivity index (χ0v) is 47.6. The summed E-state index contributed by atoms with van der Waals surface area (Å²) in [5.74, 6) is 4.54. The summed E-state index contributed by atoms with van der Waals surface area (Å²) in [6.45, 7) is -0.582. The van der Waals surface area contributed by atoms with Crippen molar-refractivity contribution >= 4 is 132 Å². The molecule has 0 amide bonds. The Morgan fingerprint density at radius 3 is 0.761 bits per heavy atom. The normalized spacial score (nSPS) is 12.8. The van der Waals surface area contributed by atoms with Crippen LogP contribution < -0.4 is 71.5 Å². The maximum absolute atomic E-state index is 7.76. The van der Waals surface area contributed by atoms with Gasteiger partial charge in [-0.1, -0.05) is 158 Å². The molecular weight excluding hydrogens is 1080 g/mol. The molecule has 0 aromatic heterocycles. The van der Waals surface area contributed by atoms with Crippen LogP contribution in [0.25, 0.3) is 0 Å². The van der Waals surface area contributed by atoms with Crippen molar-refractivity contribution in [1.82, 2.24) is 0 Å². The maximum atomic E-state index is 7.76. The van der Waals surface area contributed by atoms with Gasteiger partial charge in [-0.15, -0.1) is 0 Å². The van der Waals surface area contributed by atoms with Crippen LogP contribution in [0.2, 0.25) is 0 Å². The molecule has 5 aliphatic heterocycles. The molecule has 5 heterocycles. The largest absolute Gasteiger partial charge is 0.458 e. The number of hydrogen-bond acceptors (Lipinski definition) is 8. The maximum Gasteiger partial charge on any atom is 0.256 e. The van der Waals surface area contributed by atoms with Gasteiger partial charge in [0.05, 0.1) is 11.4 Å². The van der Waals surface area contributed by atoms with Crippen molar-refractivity contribution in [2.45, 2.75) is 0 Å². The molecule has 0 radical (unpaired) electrons. The minimum Gasteiger partial charge on any atom is -0.458 e. The van der Waals surface area contributed by atoms with Crippen molar-refractivity contribution in [3.05, 3.63) is 309 Å². The first kappa shape index (κ1) is 49.8. The van der Waals surface area contributed by atoms with Gasteiger partial charge in [0, 0.05) is 104 Å². The Kier molecular flexibility index (Phi) is 11.3. The zero-order chi connectivity index (χ0) is 57.8. The van der Waals surface area contributed by atoms with Crippen LogP contribution in [0.3, 0.4) is 0 Å². The molecule has 18 rings (SSSR count). The molecular formula is C78H51B2N5O3. The molecule has 13 aromatic rings. The van der Waals surface area contributed by atoms with Crippen LogP contribution in [0.4, 0.5) is 85.3 Å². The molecule has 0 unspecified atom stereocenters. The topological polar surface area (TPSA) is 43.9 Å². The van der Waals surface area contributed by atoms with E-state index < -0.39 is 0 Å². The van der Waals surface area contributed by atoms with Crippen molar-refractivity contribution in [1.29, 1.82) is 0 Å². The van der Waals surface area contributed by atoms with Crippen LogP contribution in [0.15, 0.2) is 309 Å². The molecule has 0 fully saturated rings.